The van der Waals surface area contributed by atoms with Crippen LogP contribution in [0, 0.1) is 0 Å². The summed E-state index contributed by atoms with van der Waals surface area (Å²) in [6.07, 6.45) is 8.28. The van der Waals surface area contributed by atoms with E-state index in [0.29, 0.717) is 12.2 Å². The van der Waals surface area contributed by atoms with Crippen LogP contribution >= 0.6 is 0 Å². The van der Waals surface area contributed by atoms with E-state index in [1.807, 2.05) is 13.0 Å². The molecular formula is C22H33NO3. The molecule has 0 saturated heterocycles. The Morgan fingerprint density at radius 1 is 1.23 bits per heavy atom. The van der Waals surface area contributed by atoms with Crippen LogP contribution in [0.25, 0.3) is 0 Å². The number of aromatic hydroxyl groups is 1. The molecule has 0 amide bonds. The van der Waals surface area contributed by atoms with E-state index >= 15 is 0 Å². The van der Waals surface area contributed by atoms with Crippen LogP contribution in [0.15, 0.2) is 18.2 Å². The zero-order chi connectivity index (χ0) is 18.8. The van der Waals surface area contributed by atoms with E-state index in [9.17, 15) is 9.90 Å². The van der Waals surface area contributed by atoms with E-state index in [-0.39, 0.29) is 11.4 Å². The van der Waals surface area contributed by atoms with Crippen LogP contribution in [0.5, 0.6) is 5.75 Å². The first-order valence-corrected chi connectivity index (χ1v) is 10.1. The second-order valence-corrected chi connectivity index (χ2v) is 8.40. The van der Waals surface area contributed by atoms with Gasteiger partial charge in [0.25, 0.3) is 0 Å². The zero-order valence-corrected chi connectivity index (χ0v) is 16.5. The number of hydrogen-bond donors (Lipinski definition) is 1. The summed E-state index contributed by atoms with van der Waals surface area (Å²) in [4.78, 5) is 14.7. The Bertz CT molecular complexity index is 657. The highest BCUT2D eigenvalue weighted by atomic mass is 16.6. The van der Waals surface area contributed by atoms with Gasteiger partial charge < -0.3 is 14.7 Å². The number of carbonyl (C=O) groups is 1. The van der Waals surface area contributed by atoms with Crippen molar-refractivity contribution in [3.63, 3.8) is 0 Å². The highest BCUT2D eigenvalue weighted by Gasteiger charge is 2.58. The van der Waals surface area contributed by atoms with Gasteiger partial charge in [-0.05, 0) is 88.8 Å². The van der Waals surface area contributed by atoms with Crippen LogP contribution in [0.4, 0.5) is 0 Å². The number of ether oxygens (including phenoxy) is 1. The summed E-state index contributed by atoms with van der Waals surface area (Å²) < 4.78 is 6.32. The molecule has 2 aliphatic carbocycles. The lowest BCUT2D eigenvalue weighted by Gasteiger charge is -2.56. The molecule has 0 spiro atoms. The predicted molar refractivity (Wildman–Crippen MR) is 103 cm³/mol. The maximum atomic E-state index is 12.5. The summed E-state index contributed by atoms with van der Waals surface area (Å²) in [5.74, 6) is 0.251. The van der Waals surface area contributed by atoms with Gasteiger partial charge in [-0.1, -0.05) is 19.4 Å². The molecule has 0 aliphatic heterocycles. The number of hydrogen-bond acceptors (Lipinski definition) is 4. The van der Waals surface area contributed by atoms with Gasteiger partial charge in [-0.15, -0.1) is 0 Å². The van der Waals surface area contributed by atoms with Crippen molar-refractivity contribution in [1.29, 1.82) is 0 Å². The molecule has 1 N–H and O–H groups in total. The van der Waals surface area contributed by atoms with Crippen molar-refractivity contribution in [2.24, 2.45) is 0 Å². The molecule has 0 aromatic heterocycles. The zero-order valence-electron chi connectivity index (χ0n) is 16.5. The second kappa shape index (κ2) is 7.59. The molecule has 1 fully saturated rings. The average Bonchev–Trinajstić information content (AvgIpc) is 2.60. The normalized spacial score (nSPS) is 27.7. The first-order chi connectivity index (χ1) is 12.4. The number of aryl methyl sites for hydroxylation is 1. The molecule has 26 heavy (non-hydrogen) atoms. The summed E-state index contributed by atoms with van der Waals surface area (Å²) in [7, 11) is 4.19. The number of phenols is 1. The lowest BCUT2D eigenvalue weighted by molar-refractivity contribution is -0.179. The standard InChI is InChI=1S/C22H33NO3/c1-4-7-20(25)26-22-12-6-5-11-21(22,14-15-23(2)3)19-16-18(24)9-8-17(19)10-13-22/h8-9,16,24H,4-7,10-15H2,1-3H3/t21-,22?/m0/s1. The second-order valence-electron chi connectivity index (χ2n) is 8.40. The van der Waals surface area contributed by atoms with Crippen LogP contribution in [-0.2, 0) is 21.4 Å². The minimum Gasteiger partial charge on any atom is -0.508 e. The molecule has 0 heterocycles. The lowest BCUT2D eigenvalue weighted by atomic mass is 9.53. The number of rotatable bonds is 6. The molecule has 1 aromatic rings. The maximum Gasteiger partial charge on any atom is 0.306 e. The fourth-order valence-corrected chi connectivity index (χ4v) is 5.19. The molecule has 144 valence electrons. The van der Waals surface area contributed by atoms with Gasteiger partial charge in [0.05, 0.1) is 0 Å². The van der Waals surface area contributed by atoms with Crippen LogP contribution in [-0.4, -0.2) is 42.2 Å². The Kier molecular flexibility index (Phi) is 5.61. The first kappa shape index (κ1) is 19.2. The number of phenolic OH excluding ortho intramolecular Hbond substituents is 1. The quantitative estimate of drug-likeness (QED) is 0.774. The van der Waals surface area contributed by atoms with E-state index in [4.69, 9.17) is 4.74 Å². The van der Waals surface area contributed by atoms with Crippen molar-refractivity contribution < 1.29 is 14.6 Å². The molecule has 4 nitrogen and oxygen atoms in total. The van der Waals surface area contributed by atoms with Gasteiger partial charge in [0, 0.05) is 11.8 Å². The number of fused-ring (bicyclic) bond motifs is 3. The molecule has 1 unspecified atom stereocenters. The van der Waals surface area contributed by atoms with E-state index in [1.165, 1.54) is 11.1 Å². The van der Waals surface area contributed by atoms with Gasteiger partial charge in [-0.3, -0.25) is 4.79 Å². The summed E-state index contributed by atoms with van der Waals surface area (Å²) in [5, 5.41) is 10.2. The highest BCUT2D eigenvalue weighted by Crippen LogP contribution is 2.57. The summed E-state index contributed by atoms with van der Waals surface area (Å²) in [6, 6.07) is 5.80. The highest BCUT2D eigenvalue weighted by molar-refractivity contribution is 5.70. The van der Waals surface area contributed by atoms with Crippen molar-refractivity contribution in [2.75, 3.05) is 20.6 Å². The van der Waals surface area contributed by atoms with Crippen LogP contribution in [0.3, 0.4) is 0 Å². The molecule has 2 atom stereocenters. The van der Waals surface area contributed by atoms with E-state index < -0.39 is 5.60 Å². The molecule has 1 aromatic carbocycles. The lowest BCUT2D eigenvalue weighted by Crippen LogP contribution is -2.59. The summed E-state index contributed by atoms with van der Waals surface area (Å²) in [6.45, 7) is 2.97. The third-order valence-electron chi connectivity index (χ3n) is 6.46. The van der Waals surface area contributed by atoms with Gasteiger partial charge in [0.1, 0.15) is 11.4 Å². The number of benzene rings is 1. The Morgan fingerprint density at radius 2 is 2.00 bits per heavy atom. The molecular weight excluding hydrogens is 326 g/mol. The predicted octanol–water partition coefficient (Wildman–Crippen LogP) is 4.18. The fraction of sp³-hybridized carbons (Fsp3) is 0.682. The van der Waals surface area contributed by atoms with Crippen molar-refractivity contribution in [2.45, 2.75) is 75.7 Å². The molecule has 1 saturated carbocycles. The van der Waals surface area contributed by atoms with Gasteiger partial charge in [-0.25, -0.2) is 0 Å². The Labute approximate surface area is 157 Å². The molecule has 4 heteroatoms. The average molecular weight is 360 g/mol. The Hall–Kier alpha value is -1.55. The van der Waals surface area contributed by atoms with Crippen molar-refractivity contribution in [3.8, 4) is 5.75 Å². The number of esters is 1. The number of carbonyl (C=O) groups excluding carboxylic acids is 1. The summed E-state index contributed by atoms with van der Waals surface area (Å²) in [5.41, 5.74) is 1.92. The van der Waals surface area contributed by atoms with Crippen LogP contribution < -0.4 is 0 Å². The maximum absolute atomic E-state index is 12.5. The smallest absolute Gasteiger partial charge is 0.306 e. The molecule has 0 radical (unpaired) electrons. The Morgan fingerprint density at radius 3 is 2.73 bits per heavy atom. The molecule has 3 rings (SSSR count). The van der Waals surface area contributed by atoms with Crippen LogP contribution in [0.2, 0.25) is 0 Å². The SMILES string of the molecule is CCCC(=O)OC12CCCC[C@]1(CCN(C)C)c1cc(O)ccc1CC2. The van der Waals surface area contributed by atoms with Gasteiger partial charge in [-0.2, -0.15) is 0 Å². The van der Waals surface area contributed by atoms with E-state index in [2.05, 4.69) is 25.1 Å². The van der Waals surface area contributed by atoms with E-state index in [1.54, 1.807) is 6.07 Å². The minimum absolute atomic E-state index is 0.0627. The third-order valence-corrected chi connectivity index (χ3v) is 6.46. The van der Waals surface area contributed by atoms with Gasteiger partial charge >= 0.3 is 5.97 Å². The van der Waals surface area contributed by atoms with Gasteiger partial charge in [0.15, 0.2) is 0 Å². The van der Waals surface area contributed by atoms with Crippen molar-refractivity contribution in [1.82, 2.24) is 4.90 Å². The largest absolute Gasteiger partial charge is 0.508 e. The first-order valence-electron chi connectivity index (χ1n) is 10.1. The fourth-order valence-electron chi connectivity index (χ4n) is 5.19. The Balaban J connectivity index is 2.08. The summed E-state index contributed by atoms with van der Waals surface area (Å²) >= 11 is 0. The van der Waals surface area contributed by atoms with E-state index in [0.717, 1.165) is 57.9 Å². The van der Waals surface area contributed by atoms with Gasteiger partial charge in [0.2, 0.25) is 0 Å². The van der Waals surface area contributed by atoms with Crippen LogP contribution in [0.1, 0.15) is 69.4 Å². The van der Waals surface area contributed by atoms with Crippen molar-refractivity contribution in [3.05, 3.63) is 29.3 Å². The van der Waals surface area contributed by atoms with Crippen molar-refractivity contribution >= 4 is 5.97 Å². The third kappa shape index (κ3) is 3.36. The molecule has 0 bridgehead atoms. The molecule has 2 aliphatic rings. The topological polar surface area (TPSA) is 49.8 Å². The minimum atomic E-state index is -0.422. The monoisotopic (exact) mass is 359 g/mol. The number of nitrogens with zero attached hydrogens (tertiary/aromatic N) is 1.